The summed E-state index contributed by atoms with van der Waals surface area (Å²) in [6.07, 6.45) is 9.88. The van der Waals surface area contributed by atoms with E-state index in [0.717, 1.165) is 12.8 Å². The van der Waals surface area contributed by atoms with Crippen molar-refractivity contribution < 1.29 is 14.0 Å². The number of nitrogens with one attached hydrogen (secondary N) is 1. The summed E-state index contributed by atoms with van der Waals surface area (Å²) in [6.45, 7) is 3.78. The van der Waals surface area contributed by atoms with Crippen LogP contribution in [0, 0.1) is 5.92 Å². The molecule has 0 saturated carbocycles. The minimum atomic E-state index is -0.167. The molecule has 2 amide bonds. The van der Waals surface area contributed by atoms with Gasteiger partial charge in [0.2, 0.25) is 5.91 Å². The van der Waals surface area contributed by atoms with Crippen molar-refractivity contribution in [2.75, 3.05) is 13.1 Å². The van der Waals surface area contributed by atoms with E-state index < -0.39 is 0 Å². The average Bonchev–Trinajstić information content (AvgIpc) is 3.27. The van der Waals surface area contributed by atoms with Crippen LogP contribution in [0.4, 0.5) is 0 Å². The first kappa shape index (κ1) is 16.3. The Morgan fingerprint density at radius 3 is 3.08 bits per heavy atom. The third-order valence-electron chi connectivity index (χ3n) is 4.28. The molecule has 3 heterocycles. The average molecular weight is 330 g/mol. The summed E-state index contributed by atoms with van der Waals surface area (Å²) in [5.41, 5.74) is 0.532. The van der Waals surface area contributed by atoms with Gasteiger partial charge in [-0.3, -0.25) is 9.59 Å². The monoisotopic (exact) mass is 330 g/mol. The fraction of sp³-hybridized carbons (Fsp3) is 0.471. The van der Waals surface area contributed by atoms with Gasteiger partial charge in [0.25, 0.3) is 5.91 Å². The van der Waals surface area contributed by atoms with E-state index in [0.29, 0.717) is 25.2 Å². The van der Waals surface area contributed by atoms with Gasteiger partial charge in [0, 0.05) is 38.1 Å². The van der Waals surface area contributed by atoms with E-state index in [1.807, 2.05) is 17.7 Å². The standard InChI is InChI=1S/C17H22N4O3/c1-13(9-20-7-5-18-12-20)19-16(22)14-3-2-6-21(10-14)17(23)15-4-8-24-11-15/h4-5,7-8,11-14H,2-3,6,9-10H2,1H3,(H,19,22)/t13-,14+/m1/s1. The fourth-order valence-electron chi connectivity index (χ4n) is 3.06. The van der Waals surface area contributed by atoms with Crippen LogP contribution in [-0.4, -0.2) is 45.4 Å². The molecule has 2 aromatic rings. The maximum absolute atomic E-state index is 12.5. The molecule has 0 aromatic carbocycles. The van der Waals surface area contributed by atoms with Gasteiger partial charge >= 0.3 is 0 Å². The first-order valence-corrected chi connectivity index (χ1v) is 8.21. The molecule has 1 N–H and O–H groups in total. The Labute approximate surface area is 140 Å². The molecular formula is C17H22N4O3. The number of imidazole rings is 1. The lowest BCUT2D eigenvalue weighted by Crippen LogP contribution is -2.47. The lowest BCUT2D eigenvalue weighted by atomic mass is 9.96. The highest BCUT2D eigenvalue weighted by Gasteiger charge is 2.29. The van der Waals surface area contributed by atoms with Gasteiger partial charge in [-0.05, 0) is 25.8 Å². The second-order valence-electron chi connectivity index (χ2n) is 6.27. The highest BCUT2D eigenvalue weighted by Crippen LogP contribution is 2.19. The van der Waals surface area contributed by atoms with Gasteiger partial charge in [0.05, 0.1) is 24.1 Å². The Balaban J connectivity index is 1.54. The maximum atomic E-state index is 12.5. The lowest BCUT2D eigenvalue weighted by molar-refractivity contribution is -0.127. The van der Waals surface area contributed by atoms with Crippen molar-refractivity contribution in [1.29, 1.82) is 0 Å². The van der Waals surface area contributed by atoms with Crippen LogP contribution in [0.15, 0.2) is 41.7 Å². The van der Waals surface area contributed by atoms with Crippen LogP contribution in [0.25, 0.3) is 0 Å². The molecule has 7 nitrogen and oxygen atoms in total. The molecule has 1 fully saturated rings. The predicted octanol–water partition coefficient (Wildman–Crippen LogP) is 1.53. The summed E-state index contributed by atoms with van der Waals surface area (Å²) in [5, 5.41) is 3.04. The summed E-state index contributed by atoms with van der Waals surface area (Å²) < 4.78 is 6.90. The van der Waals surface area contributed by atoms with Crippen molar-refractivity contribution in [2.45, 2.75) is 32.4 Å². The number of nitrogens with zero attached hydrogens (tertiary/aromatic N) is 3. The van der Waals surface area contributed by atoms with Crippen LogP contribution >= 0.6 is 0 Å². The number of hydrogen-bond acceptors (Lipinski definition) is 4. The molecule has 0 radical (unpaired) electrons. The van der Waals surface area contributed by atoms with Crippen LogP contribution in [0.5, 0.6) is 0 Å². The van der Waals surface area contributed by atoms with E-state index in [2.05, 4.69) is 10.3 Å². The number of carbonyl (C=O) groups is 2. The third kappa shape index (κ3) is 3.84. The number of hydrogen-bond donors (Lipinski definition) is 1. The predicted molar refractivity (Wildman–Crippen MR) is 87.2 cm³/mol. The summed E-state index contributed by atoms with van der Waals surface area (Å²) in [7, 11) is 0. The fourth-order valence-corrected chi connectivity index (χ4v) is 3.06. The molecule has 7 heteroatoms. The lowest BCUT2D eigenvalue weighted by Gasteiger charge is -2.32. The van der Waals surface area contributed by atoms with E-state index in [1.54, 1.807) is 23.5 Å². The third-order valence-corrected chi connectivity index (χ3v) is 4.28. The van der Waals surface area contributed by atoms with Gasteiger partial charge in [0.15, 0.2) is 0 Å². The Morgan fingerprint density at radius 2 is 2.38 bits per heavy atom. The molecule has 3 rings (SSSR count). The minimum absolute atomic E-state index is 0.00616. The van der Waals surface area contributed by atoms with Crippen molar-refractivity contribution in [1.82, 2.24) is 19.8 Å². The van der Waals surface area contributed by atoms with Crippen molar-refractivity contribution in [3.05, 3.63) is 42.9 Å². The van der Waals surface area contributed by atoms with Crippen molar-refractivity contribution in [2.24, 2.45) is 5.92 Å². The second-order valence-corrected chi connectivity index (χ2v) is 6.27. The smallest absolute Gasteiger partial charge is 0.257 e. The number of piperidine rings is 1. The molecule has 2 atom stereocenters. The molecule has 1 aliphatic rings. The highest BCUT2D eigenvalue weighted by molar-refractivity contribution is 5.94. The molecule has 1 aliphatic heterocycles. The van der Waals surface area contributed by atoms with Gasteiger partial charge < -0.3 is 19.2 Å². The zero-order chi connectivity index (χ0) is 16.9. The summed E-state index contributed by atoms with van der Waals surface area (Å²) in [4.78, 5) is 30.6. The highest BCUT2D eigenvalue weighted by atomic mass is 16.3. The van der Waals surface area contributed by atoms with Crippen LogP contribution in [0.3, 0.4) is 0 Å². The van der Waals surface area contributed by atoms with E-state index in [9.17, 15) is 9.59 Å². The number of amides is 2. The maximum Gasteiger partial charge on any atom is 0.257 e. The summed E-state index contributed by atoms with van der Waals surface area (Å²) in [6, 6.07) is 1.66. The van der Waals surface area contributed by atoms with Crippen LogP contribution in [0.2, 0.25) is 0 Å². The minimum Gasteiger partial charge on any atom is -0.472 e. The molecule has 0 aliphatic carbocycles. The van der Waals surface area contributed by atoms with Gasteiger partial charge in [-0.15, -0.1) is 0 Å². The van der Waals surface area contributed by atoms with Crippen LogP contribution < -0.4 is 5.32 Å². The number of rotatable bonds is 5. The number of aromatic nitrogens is 2. The van der Waals surface area contributed by atoms with Gasteiger partial charge in [-0.2, -0.15) is 0 Å². The summed E-state index contributed by atoms with van der Waals surface area (Å²) in [5.74, 6) is -0.236. The summed E-state index contributed by atoms with van der Waals surface area (Å²) >= 11 is 0. The second kappa shape index (κ2) is 7.33. The van der Waals surface area contributed by atoms with Gasteiger partial charge in [0.1, 0.15) is 6.26 Å². The Hall–Kier alpha value is -2.57. The van der Waals surface area contributed by atoms with E-state index in [-0.39, 0.29) is 23.8 Å². The molecule has 0 unspecified atom stereocenters. The van der Waals surface area contributed by atoms with E-state index >= 15 is 0 Å². The van der Waals surface area contributed by atoms with Crippen molar-refractivity contribution >= 4 is 11.8 Å². The zero-order valence-electron chi connectivity index (χ0n) is 13.7. The SMILES string of the molecule is C[C@H](Cn1ccnc1)NC(=O)[C@H]1CCCN(C(=O)c2ccoc2)C1. The van der Waals surface area contributed by atoms with Crippen molar-refractivity contribution in [3.63, 3.8) is 0 Å². The quantitative estimate of drug-likeness (QED) is 0.901. The molecular weight excluding hydrogens is 308 g/mol. The Kier molecular flexibility index (Phi) is 4.98. The normalized spacial score (nSPS) is 19.0. The number of carbonyl (C=O) groups excluding carboxylic acids is 2. The molecule has 1 saturated heterocycles. The Morgan fingerprint density at radius 1 is 1.50 bits per heavy atom. The molecule has 24 heavy (non-hydrogen) atoms. The van der Waals surface area contributed by atoms with E-state index in [1.165, 1.54) is 12.5 Å². The molecule has 2 aromatic heterocycles. The van der Waals surface area contributed by atoms with Gasteiger partial charge in [-0.25, -0.2) is 4.98 Å². The number of likely N-dealkylation sites (tertiary alicyclic amines) is 1. The molecule has 0 bridgehead atoms. The number of furan rings is 1. The van der Waals surface area contributed by atoms with Gasteiger partial charge in [-0.1, -0.05) is 0 Å². The first-order chi connectivity index (χ1) is 11.6. The van der Waals surface area contributed by atoms with Crippen molar-refractivity contribution in [3.8, 4) is 0 Å². The molecule has 0 spiro atoms. The zero-order valence-corrected chi connectivity index (χ0v) is 13.7. The Bertz CT molecular complexity index is 666. The van der Waals surface area contributed by atoms with Crippen LogP contribution in [0.1, 0.15) is 30.1 Å². The first-order valence-electron chi connectivity index (χ1n) is 8.21. The van der Waals surface area contributed by atoms with E-state index in [4.69, 9.17) is 4.42 Å². The topological polar surface area (TPSA) is 80.4 Å². The van der Waals surface area contributed by atoms with Crippen LogP contribution in [-0.2, 0) is 11.3 Å². The largest absolute Gasteiger partial charge is 0.472 e. The molecule has 128 valence electrons.